The van der Waals surface area contributed by atoms with Crippen molar-refractivity contribution in [3.05, 3.63) is 0 Å². The number of amides is 4. The zero-order valence-electron chi connectivity index (χ0n) is 16.1. The van der Waals surface area contributed by atoms with E-state index in [9.17, 15) is 24.0 Å². The number of nitrogens with zero attached hydrogens (tertiary/aromatic N) is 2. The highest BCUT2D eigenvalue weighted by Crippen LogP contribution is 2.12. The molecule has 1 aliphatic rings. The molecule has 10 heteroatoms. The number of hydrogen-bond acceptors (Lipinski definition) is 7. The molecule has 1 saturated heterocycles. The highest BCUT2D eigenvalue weighted by atomic mass is 16.7. The summed E-state index contributed by atoms with van der Waals surface area (Å²) in [6.07, 6.45) is 2.06. The summed E-state index contributed by atoms with van der Waals surface area (Å²) in [5.41, 5.74) is 0. The first-order valence-electron chi connectivity index (χ1n) is 8.97. The van der Waals surface area contributed by atoms with E-state index in [1.807, 2.05) is 0 Å². The first kappa shape index (κ1) is 22.6. The molecule has 27 heavy (non-hydrogen) atoms. The van der Waals surface area contributed by atoms with E-state index in [4.69, 9.17) is 4.84 Å². The van der Waals surface area contributed by atoms with Gasteiger partial charge in [-0.05, 0) is 33.4 Å². The number of imide groups is 1. The lowest BCUT2D eigenvalue weighted by Crippen LogP contribution is -2.44. The van der Waals surface area contributed by atoms with Gasteiger partial charge in [-0.25, -0.2) is 4.79 Å². The van der Waals surface area contributed by atoms with Crippen LogP contribution in [0, 0.1) is 0 Å². The van der Waals surface area contributed by atoms with Crippen LogP contribution < -0.4 is 10.6 Å². The second-order valence-corrected chi connectivity index (χ2v) is 6.54. The van der Waals surface area contributed by atoms with Crippen LogP contribution in [0.5, 0.6) is 0 Å². The van der Waals surface area contributed by atoms with Crippen molar-refractivity contribution in [1.29, 1.82) is 0 Å². The van der Waals surface area contributed by atoms with Gasteiger partial charge >= 0.3 is 5.97 Å². The van der Waals surface area contributed by atoms with Gasteiger partial charge in [0.25, 0.3) is 11.8 Å². The van der Waals surface area contributed by atoms with Crippen molar-refractivity contribution in [3.8, 4) is 0 Å². The predicted molar refractivity (Wildman–Crippen MR) is 94.8 cm³/mol. The molecule has 0 aromatic carbocycles. The van der Waals surface area contributed by atoms with Gasteiger partial charge in [-0.2, -0.15) is 0 Å². The summed E-state index contributed by atoms with van der Waals surface area (Å²) in [5, 5.41) is 5.85. The summed E-state index contributed by atoms with van der Waals surface area (Å²) in [6, 6.07) is -0.361. The van der Waals surface area contributed by atoms with Crippen LogP contribution in [0.1, 0.15) is 45.4 Å². The first-order chi connectivity index (χ1) is 12.7. The Hall–Kier alpha value is -2.49. The quantitative estimate of drug-likeness (QED) is 0.208. The van der Waals surface area contributed by atoms with Crippen LogP contribution in [0.3, 0.4) is 0 Å². The van der Waals surface area contributed by atoms with Crippen molar-refractivity contribution in [2.45, 2.75) is 51.5 Å². The largest absolute Gasteiger partial charge is 0.356 e. The molecule has 2 N–H and O–H groups in total. The number of rotatable bonds is 11. The lowest BCUT2D eigenvalue weighted by Gasteiger charge is -2.23. The van der Waals surface area contributed by atoms with Crippen LogP contribution in [0.2, 0.25) is 0 Å². The van der Waals surface area contributed by atoms with Crippen molar-refractivity contribution >= 4 is 29.6 Å². The van der Waals surface area contributed by atoms with Crippen LogP contribution in [-0.4, -0.2) is 72.8 Å². The SMILES string of the molecule is CC(=O)[15NH][13CH2]CCCC(C(=O)NCCC(=O)ON1C(=O)CCC1=O)N([13CH3])[13CH3]. The first-order valence-corrected chi connectivity index (χ1v) is 8.97. The van der Waals surface area contributed by atoms with Gasteiger partial charge in [-0.15, -0.1) is 5.06 Å². The van der Waals surface area contributed by atoms with E-state index >= 15 is 0 Å². The Labute approximate surface area is 158 Å². The smallest absolute Gasteiger partial charge is 0.334 e. The normalized spacial score (nSPS) is 15.0. The van der Waals surface area contributed by atoms with Crippen LogP contribution >= 0.6 is 0 Å². The summed E-state index contributed by atoms with van der Waals surface area (Å²) < 4.78 is 0. The summed E-state index contributed by atoms with van der Waals surface area (Å²) in [4.78, 5) is 64.1. The fourth-order valence-corrected chi connectivity index (χ4v) is 2.56. The maximum atomic E-state index is 12.3. The van der Waals surface area contributed by atoms with Gasteiger partial charge in [0.05, 0.1) is 12.5 Å². The molecule has 0 bridgehead atoms. The van der Waals surface area contributed by atoms with Crippen molar-refractivity contribution in [1.82, 2.24) is 20.6 Å². The van der Waals surface area contributed by atoms with Crippen molar-refractivity contribution < 1.29 is 28.8 Å². The Bertz CT molecular complexity index is 562. The van der Waals surface area contributed by atoms with Crippen molar-refractivity contribution in [2.24, 2.45) is 0 Å². The third-order valence-corrected chi connectivity index (χ3v) is 4.03. The molecular weight excluding hydrogens is 360 g/mol. The maximum Gasteiger partial charge on any atom is 0.334 e. The van der Waals surface area contributed by atoms with Crippen LogP contribution in [-0.2, 0) is 28.8 Å². The Balaban J connectivity index is 2.30. The lowest BCUT2D eigenvalue weighted by molar-refractivity contribution is -0.197. The van der Waals surface area contributed by atoms with Gasteiger partial charge in [0.15, 0.2) is 0 Å². The van der Waals surface area contributed by atoms with E-state index in [1.54, 1.807) is 19.0 Å². The minimum Gasteiger partial charge on any atom is -0.356 e. The van der Waals surface area contributed by atoms with E-state index in [-0.39, 0.29) is 43.7 Å². The standard InChI is InChI=1S/C17H28N4O6/c1-12(22)18-10-5-4-6-13(20(2)3)17(26)19-11-9-16(25)27-21-14(23)7-8-15(21)24/h13H,4-11H2,1-3H3,(H,18,22)(H,19,26)/i2+1,3+1,10+1,18+1. The molecule has 0 spiro atoms. The number of hydroxylamine groups is 2. The highest BCUT2D eigenvalue weighted by Gasteiger charge is 2.32. The number of nitrogens with one attached hydrogen (secondary N) is 2. The van der Waals surface area contributed by atoms with Gasteiger partial charge in [0, 0.05) is 32.9 Å². The minimum absolute atomic E-state index is 0.0370. The highest BCUT2D eigenvalue weighted by molar-refractivity contribution is 6.01. The maximum absolute atomic E-state index is 12.3. The molecule has 1 heterocycles. The average Bonchev–Trinajstić information content (AvgIpc) is 2.89. The number of likely N-dealkylation sites (N-methyl/N-ethyl adjacent to an activating group) is 1. The molecule has 0 aliphatic carbocycles. The van der Waals surface area contributed by atoms with Crippen molar-refractivity contribution in [3.63, 3.8) is 0 Å². The van der Waals surface area contributed by atoms with E-state index in [1.165, 1.54) is 6.92 Å². The summed E-state index contributed by atoms with van der Waals surface area (Å²) in [7, 11) is 3.58. The van der Waals surface area contributed by atoms with Crippen LogP contribution in [0.15, 0.2) is 0 Å². The van der Waals surface area contributed by atoms with Crippen molar-refractivity contribution in [2.75, 3.05) is 27.2 Å². The van der Waals surface area contributed by atoms with Gasteiger partial charge in [0.2, 0.25) is 11.8 Å². The molecule has 0 aromatic rings. The molecule has 1 atom stereocenters. The Morgan fingerprint density at radius 2 is 1.70 bits per heavy atom. The van der Waals surface area contributed by atoms with Gasteiger partial charge in [-0.1, -0.05) is 0 Å². The topological polar surface area (TPSA) is 125 Å². The summed E-state index contributed by atoms with van der Waals surface area (Å²) >= 11 is 0. The zero-order chi connectivity index (χ0) is 20.4. The summed E-state index contributed by atoms with van der Waals surface area (Å²) in [6.45, 7) is 2.07. The van der Waals surface area contributed by atoms with Gasteiger partial charge in [0.1, 0.15) is 0 Å². The molecule has 0 radical (unpaired) electrons. The molecule has 152 valence electrons. The van der Waals surface area contributed by atoms with E-state index < -0.39 is 17.8 Å². The minimum atomic E-state index is -0.754. The predicted octanol–water partition coefficient (Wildman–Crippen LogP) is -0.663. The van der Waals surface area contributed by atoms with Gasteiger partial charge in [-0.3, -0.25) is 24.1 Å². The fourth-order valence-electron chi connectivity index (χ4n) is 2.56. The van der Waals surface area contributed by atoms with E-state index in [0.717, 1.165) is 12.8 Å². The van der Waals surface area contributed by atoms with E-state index in [0.29, 0.717) is 18.0 Å². The Morgan fingerprint density at radius 1 is 1.07 bits per heavy atom. The third kappa shape index (κ3) is 8.16. The molecule has 4 amide bonds. The van der Waals surface area contributed by atoms with Crippen LogP contribution in [0.4, 0.5) is 0 Å². The molecular formula is C17H28N4O6. The third-order valence-electron chi connectivity index (χ3n) is 4.03. The van der Waals surface area contributed by atoms with Crippen LogP contribution in [0.25, 0.3) is 0 Å². The second kappa shape index (κ2) is 11.3. The molecule has 10 nitrogen and oxygen atoms in total. The number of carbonyl (C=O) groups excluding carboxylic acids is 5. The van der Waals surface area contributed by atoms with E-state index in [2.05, 4.69) is 10.6 Å². The summed E-state index contributed by atoms with van der Waals surface area (Å²) in [5.74, 6) is -2.13. The second-order valence-electron chi connectivity index (χ2n) is 6.54. The van der Waals surface area contributed by atoms with Gasteiger partial charge < -0.3 is 15.5 Å². The average molecular weight is 388 g/mol. The molecule has 0 aromatic heterocycles. The molecule has 0 saturated carbocycles. The number of carbonyl (C=O) groups is 5. The molecule has 1 fully saturated rings. The monoisotopic (exact) mass is 388 g/mol. The lowest BCUT2D eigenvalue weighted by atomic mass is 10.1. The Kier molecular flexibility index (Phi) is 9.41. The number of unbranched alkanes of at least 4 members (excludes halogenated alkanes) is 1. The Morgan fingerprint density at radius 3 is 2.26 bits per heavy atom. The fraction of sp³-hybridized carbons (Fsp3) is 0.706. The molecule has 1 unspecified atom stereocenters. The number of hydrogen-bond donors (Lipinski definition) is 2. The zero-order valence-corrected chi connectivity index (χ0v) is 16.1. The molecule has 1 rings (SSSR count). The molecule has 1 aliphatic heterocycles.